The number of methoxy groups -OCH3 is 1. The maximum atomic E-state index is 12.9. The van der Waals surface area contributed by atoms with Gasteiger partial charge in [0, 0.05) is 0 Å². The van der Waals surface area contributed by atoms with Gasteiger partial charge in [0.05, 0.1) is 31.0 Å². The van der Waals surface area contributed by atoms with Gasteiger partial charge >= 0.3 is 12.2 Å². The van der Waals surface area contributed by atoms with Crippen LogP contribution < -0.4 is 15.4 Å². The van der Waals surface area contributed by atoms with Crippen molar-refractivity contribution in [1.82, 2.24) is 5.32 Å². The number of carbonyl (C=O) groups is 1. The number of nitrogens with one attached hydrogen (secondary N) is 2. The molecule has 0 aromatic heterocycles. The molecule has 8 heteroatoms. The largest absolute Gasteiger partial charge is 0.497 e. The number of alkyl halides is 3. The number of rotatable bonds is 4. The van der Waals surface area contributed by atoms with Crippen molar-refractivity contribution in [3.63, 3.8) is 0 Å². The summed E-state index contributed by atoms with van der Waals surface area (Å²) in [5.74, 6) is 0.0343. The topological polar surface area (TPSA) is 70.6 Å². The number of hydrogen-bond donors (Lipinski definition) is 3. The lowest BCUT2D eigenvalue weighted by molar-refractivity contribution is -0.137. The van der Waals surface area contributed by atoms with Gasteiger partial charge in [-0.25, -0.2) is 4.79 Å². The first-order valence-electron chi connectivity index (χ1n) is 5.71. The van der Waals surface area contributed by atoms with Crippen LogP contribution in [-0.4, -0.2) is 30.9 Å². The number of anilines is 1. The molecule has 1 rings (SSSR count). The maximum Gasteiger partial charge on any atom is 0.418 e. The smallest absolute Gasteiger partial charge is 0.418 e. The van der Waals surface area contributed by atoms with Crippen LogP contribution in [0.25, 0.3) is 0 Å². The number of amides is 2. The highest BCUT2D eigenvalue weighted by Gasteiger charge is 2.34. The molecule has 1 unspecified atom stereocenters. The van der Waals surface area contributed by atoms with Crippen LogP contribution in [-0.2, 0) is 6.18 Å². The van der Waals surface area contributed by atoms with E-state index in [0.717, 1.165) is 12.1 Å². The average Bonchev–Trinajstić information content (AvgIpc) is 2.37. The first-order chi connectivity index (χ1) is 9.27. The average molecular weight is 292 g/mol. The van der Waals surface area contributed by atoms with Crippen LogP contribution in [0.2, 0.25) is 0 Å². The van der Waals surface area contributed by atoms with Gasteiger partial charge in [-0.2, -0.15) is 13.2 Å². The Labute approximate surface area is 113 Å². The summed E-state index contributed by atoms with van der Waals surface area (Å²) >= 11 is 0. The van der Waals surface area contributed by atoms with E-state index >= 15 is 0 Å². The van der Waals surface area contributed by atoms with Gasteiger partial charge in [0.25, 0.3) is 0 Å². The lowest BCUT2D eigenvalue weighted by atomic mass is 10.1. The number of carbonyl (C=O) groups excluding carboxylic acids is 1. The Kier molecular flexibility index (Phi) is 5.20. The first kappa shape index (κ1) is 16.1. The number of benzene rings is 1. The fourth-order valence-corrected chi connectivity index (χ4v) is 1.42. The van der Waals surface area contributed by atoms with Gasteiger partial charge in [0.1, 0.15) is 5.75 Å². The predicted molar refractivity (Wildman–Crippen MR) is 66.7 cm³/mol. The van der Waals surface area contributed by atoms with Crippen molar-refractivity contribution in [1.29, 1.82) is 0 Å². The lowest BCUT2D eigenvalue weighted by Crippen LogP contribution is -2.38. The van der Waals surface area contributed by atoms with E-state index in [4.69, 9.17) is 9.84 Å². The monoisotopic (exact) mass is 292 g/mol. The molecule has 0 bridgehead atoms. The molecule has 112 valence electrons. The third kappa shape index (κ3) is 4.30. The molecular weight excluding hydrogens is 277 g/mol. The minimum absolute atomic E-state index is 0.0343. The summed E-state index contributed by atoms with van der Waals surface area (Å²) in [6.07, 6.45) is -4.63. The molecule has 1 atom stereocenters. The van der Waals surface area contributed by atoms with E-state index in [1.807, 2.05) is 0 Å². The number of halogens is 3. The van der Waals surface area contributed by atoms with E-state index in [2.05, 4.69) is 10.6 Å². The minimum atomic E-state index is -4.63. The molecule has 0 aliphatic carbocycles. The Bertz CT molecular complexity index is 478. The van der Waals surface area contributed by atoms with E-state index < -0.39 is 23.8 Å². The molecular formula is C12H15F3N2O3. The Morgan fingerprint density at radius 2 is 2.10 bits per heavy atom. The highest BCUT2D eigenvalue weighted by atomic mass is 19.4. The zero-order valence-electron chi connectivity index (χ0n) is 10.9. The molecule has 0 aliphatic heterocycles. The number of ether oxygens (including phenoxy) is 1. The van der Waals surface area contributed by atoms with Gasteiger partial charge in [-0.1, -0.05) is 0 Å². The summed E-state index contributed by atoms with van der Waals surface area (Å²) in [5.41, 5.74) is -1.40. The number of aliphatic hydroxyl groups excluding tert-OH is 1. The molecule has 2 amide bonds. The normalized spacial score (nSPS) is 12.7. The van der Waals surface area contributed by atoms with Crippen molar-refractivity contribution >= 4 is 11.7 Å². The quantitative estimate of drug-likeness (QED) is 0.797. The van der Waals surface area contributed by atoms with Crippen LogP contribution >= 0.6 is 0 Å². The lowest BCUT2D eigenvalue weighted by Gasteiger charge is -2.16. The zero-order valence-corrected chi connectivity index (χ0v) is 10.9. The van der Waals surface area contributed by atoms with Crippen molar-refractivity contribution in [3.8, 4) is 5.75 Å². The van der Waals surface area contributed by atoms with E-state index in [9.17, 15) is 18.0 Å². The molecule has 1 aromatic carbocycles. The molecule has 0 aliphatic rings. The number of hydrogen-bond acceptors (Lipinski definition) is 3. The van der Waals surface area contributed by atoms with E-state index in [0.29, 0.717) is 0 Å². The van der Waals surface area contributed by atoms with E-state index in [1.165, 1.54) is 20.1 Å². The first-order valence-corrected chi connectivity index (χ1v) is 5.71. The third-order valence-electron chi connectivity index (χ3n) is 2.43. The minimum Gasteiger partial charge on any atom is -0.497 e. The summed E-state index contributed by atoms with van der Waals surface area (Å²) in [4.78, 5) is 11.5. The Hall–Kier alpha value is -1.96. The maximum absolute atomic E-state index is 12.9. The van der Waals surface area contributed by atoms with Gasteiger partial charge in [-0.3, -0.25) is 0 Å². The highest BCUT2D eigenvalue weighted by Crippen LogP contribution is 2.37. The standard InChI is InChI=1S/C12H15F3N2O3/c1-7(6-18)16-11(19)17-10-4-3-8(20-2)5-9(10)12(13,14)15/h3-5,7,18H,6H2,1-2H3,(H2,16,17,19). The van der Waals surface area contributed by atoms with Crippen molar-refractivity contribution in [2.24, 2.45) is 0 Å². The van der Waals surface area contributed by atoms with Gasteiger partial charge in [-0.05, 0) is 25.1 Å². The number of aliphatic hydroxyl groups is 1. The van der Waals surface area contributed by atoms with Crippen molar-refractivity contribution in [2.75, 3.05) is 19.0 Å². The third-order valence-corrected chi connectivity index (χ3v) is 2.43. The molecule has 0 spiro atoms. The van der Waals surface area contributed by atoms with Gasteiger partial charge in [-0.15, -0.1) is 0 Å². The second kappa shape index (κ2) is 6.47. The second-order valence-electron chi connectivity index (χ2n) is 4.09. The van der Waals surface area contributed by atoms with Crippen LogP contribution in [0.15, 0.2) is 18.2 Å². The van der Waals surface area contributed by atoms with Gasteiger partial charge in [0.15, 0.2) is 0 Å². The Morgan fingerprint density at radius 1 is 1.45 bits per heavy atom. The predicted octanol–water partition coefficient (Wildman–Crippen LogP) is 2.22. The van der Waals surface area contributed by atoms with E-state index in [-0.39, 0.29) is 18.0 Å². The Balaban J connectivity index is 2.97. The van der Waals surface area contributed by atoms with E-state index in [1.54, 1.807) is 0 Å². The fraction of sp³-hybridized carbons (Fsp3) is 0.417. The van der Waals surface area contributed by atoms with Gasteiger partial charge < -0.3 is 20.5 Å². The van der Waals surface area contributed by atoms with Crippen molar-refractivity contribution in [3.05, 3.63) is 23.8 Å². The molecule has 0 heterocycles. The SMILES string of the molecule is COc1ccc(NC(=O)NC(C)CO)c(C(F)(F)F)c1. The summed E-state index contributed by atoms with van der Waals surface area (Å²) < 4.78 is 43.4. The summed E-state index contributed by atoms with van der Waals surface area (Å²) in [7, 11) is 1.25. The van der Waals surface area contributed by atoms with Crippen molar-refractivity contribution in [2.45, 2.75) is 19.1 Å². The fourth-order valence-electron chi connectivity index (χ4n) is 1.42. The molecule has 0 saturated heterocycles. The van der Waals surface area contributed by atoms with Crippen LogP contribution in [0.4, 0.5) is 23.7 Å². The molecule has 1 aromatic rings. The molecule has 3 N–H and O–H groups in total. The second-order valence-corrected chi connectivity index (χ2v) is 4.09. The number of urea groups is 1. The molecule has 5 nitrogen and oxygen atoms in total. The van der Waals surface area contributed by atoms with Crippen LogP contribution in [0.1, 0.15) is 12.5 Å². The zero-order chi connectivity index (χ0) is 15.3. The van der Waals surface area contributed by atoms with Crippen molar-refractivity contribution < 1.29 is 27.8 Å². The molecule has 0 saturated carbocycles. The molecule has 0 radical (unpaired) electrons. The molecule has 20 heavy (non-hydrogen) atoms. The summed E-state index contributed by atoms with van der Waals surface area (Å²) in [5, 5.41) is 13.1. The highest BCUT2D eigenvalue weighted by molar-refractivity contribution is 5.90. The Morgan fingerprint density at radius 3 is 2.60 bits per heavy atom. The van der Waals surface area contributed by atoms with Crippen LogP contribution in [0.3, 0.4) is 0 Å². The summed E-state index contributed by atoms with van der Waals surface area (Å²) in [6, 6.07) is 1.81. The molecule has 0 fully saturated rings. The van der Waals surface area contributed by atoms with Gasteiger partial charge in [0.2, 0.25) is 0 Å². The van der Waals surface area contributed by atoms with Crippen LogP contribution in [0.5, 0.6) is 5.75 Å². The summed E-state index contributed by atoms with van der Waals surface area (Å²) in [6.45, 7) is 1.19. The van der Waals surface area contributed by atoms with Crippen LogP contribution in [0, 0.1) is 0 Å².